The summed E-state index contributed by atoms with van der Waals surface area (Å²) in [5, 5.41) is 16.2. The summed E-state index contributed by atoms with van der Waals surface area (Å²) in [6, 6.07) is 12.7. The van der Waals surface area contributed by atoms with E-state index in [1.165, 1.54) is 0 Å². The van der Waals surface area contributed by atoms with Gasteiger partial charge in [-0.15, -0.1) is 0 Å². The summed E-state index contributed by atoms with van der Waals surface area (Å²) in [6.07, 6.45) is 5.24. The molecule has 134 valence electrons. The zero-order valence-corrected chi connectivity index (χ0v) is 14.5. The van der Waals surface area contributed by atoms with Crippen molar-refractivity contribution >= 4 is 39.7 Å². The first kappa shape index (κ1) is 16.7. The van der Waals surface area contributed by atoms with E-state index < -0.39 is 5.97 Å². The number of hydrogen-bond donors (Lipinski definition) is 4. The number of aromatic amines is 1. The van der Waals surface area contributed by atoms with E-state index >= 15 is 0 Å². The molecule has 0 bridgehead atoms. The van der Waals surface area contributed by atoms with Gasteiger partial charge in [0.05, 0.1) is 16.8 Å². The Hall–Kier alpha value is -3.80. The molecular weight excluding hydrogens is 342 g/mol. The maximum absolute atomic E-state index is 12.9. The van der Waals surface area contributed by atoms with Gasteiger partial charge in [-0.05, 0) is 36.8 Å². The Morgan fingerprint density at radius 3 is 2.74 bits per heavy atom. The standard InChI is InChI=1S/C21H17N3O3/c1-2-13-14-5-3-4-6-17(14)23-11-16(13)20(25)24-19-10-18-12(7-8-22-18)9-15(19)21(26)27/h2-11,22-23H,1H3,(H,24,25)(H,26,27)/b13-2-. The minimum absolute atomic E-state index is 0.0437. The van der Waals surface area contributed by atoms with Gasteiger partial charge in [-0.1, -0.05) is 24.3 Å². The summed E-state index contributed by atoms with van der Waals surface area (Å²) < 4.78 is 0. The van der Waals surface area contributed by atoms with Crippen molar-refractivity contribution in [1.82, 2.24) is 4.98 Å². The number of amides is 1. The molecule has 2 heterocycles. The first-order valence-electron chi connectivity index (χ1n) is 8.47. The topological polar surface area (TPSA) is 94.2 Å². The number of H-pyrrole nitrogens is 1. The number of para-hydroxylation sites is 1. The molecule has 1 aliphatic heterocycles. The Bertz CT molecular complexity index is 1140. The second kappa shape index (κ2) is 6.49. The number of aromatic carboxylic acids is 1. The quantitative estimate of drug-likeness (QED) is 0.563. The van der Waals surface area contributed by atoms with Gasteiger partial charge in [-0.25, -0.2) is 4.79 Å². The van der Waals surface area contributed by atoms with Crippen molar-refractivity contribution < 1.29 is 14.7 Å². The van der Waals surface area contributed by atoms with Gasteiger partial charge >= 0.3 is 5.97 Å². The molecule has 1 aliphatic rings. The van der Waals surface area contributed by atoms with Crippen LogP contribution in [-0.2, 0) is 4.79 Å². The number of allylic oxidation sites excluding steroid dienone is 1. The molecule has 0 radical (unpaired) electrons. The SMILES string of the molecule is C/C=C1\C(C(=O)Nc2cc3[nH]ccc3cc2C(=O)O)=CNc2ccccc21. The van der Waals surface area contributed by atoms with Gasteiger partial charge in [0, 0.05) is 34.6 Å². The van der Waals surface area contributed by atoms with E-state index in [1.807, 2.05) is 37.3 Å². The Balaban J connectivity index is 1.71. The van der Waals surface area contributed by atoms with Crippen LogP contribution in [0.2, 0.25) is 0 Å². The maximum Gasteiger partial charge on any atom is 0.337 e. The Kier molecular flexibility index (Phi) is 4.01. The molecule has 2 aromatic carbocycles. The molecule has 27 heavy (non-hydrogen) atoms. The maximum atomic E-state index is 12.9. The van der Waals surface area contributed by atoms with Crippen LogP contribution in [0.15, 0.2) is 66.5 Å². The fraction of sp³-hybridized carbons (Fsp3) is 0.0476. The second-order valence-corrected chi connectivity index (χ2v) is 6.17. The van der Waals surface area contributed by atoms with Crippen molar-refractivity contribution in [3.63, 3.8) is 0 Å². The monoisotopic (exact) mass is 359 g/mol. The molecule has 0 unspecified atom stereocenters. The van der Waals surface area contributed by atoms with E-state index in [2.05, 4.69) is 15.6 Å². The van der Waals surface area contributed by atoms with Gasteiger partial charge in [-0.2, -0.15) is 0 Å². The van der Waals surface area contributed by atoms with Crippen molar-refractivity contribution in [3.8, 4) is 0 Å². The summed E-state index contributed by atoms with van der Waals surface area (Å²) in [4.78, 5) is 27.6. The minimum atomic E-state index is -1.10. The molecule has 6 nitrogen and oxygen atoms in total. The van der Waals surface area contributed by atoms with Crippen LogP contribution in [0.5, 0.6) is 0 Å². The molecule has 0 spiro atoms. The average Bonchev–Trinajstić information content (AvgIpc) is 3.13. The lowest BCUT2D eigenvalue weighted by Crippen LogP contribution is -2.20. The molecule has 4 rings (SSSR count). The lowest BCUT2D eigenvalue weighted by Gasteiger charge is -2.21. The van der Waals surface area contributed by atoms with Gasteiger partial charge in [0.1, 0.15) is 0 Å². The zero-order valence-electron chi connectivity index (χ0n) is 14.5. The van der Waals surface area contributed by atoms with E-state index in [1.54, 1.807) is 30.6 Å². The predicted octanol–water partition coefficient (Wildman–Crippen LogP) is 4.22. The molecular formula is C21H17N3O3. The smallest absolute Gasteiger partial charge is 0.337 e. The lowest BCUT2D eigenvalue weighted by molar-refractivity contribution is -0.112. The zero-order chi connectivity index (χ0) is 19.0. The third-order valence-electron chi connectivity index (χ3n) is 4.58. The van der Waals surface area contributed by atoms with Crippen LogP contribution in [-0.4, -0.2) is 22.0 Å². The highest BCUT2D eigenvalue weighted by atomic mass is 16.4. The number of rotatable bonds is 3. The van der Waals surface area contributed by atoms with Crippen molar-refractivity contribution in [3.05, 3.63) is 77.6 Å². The summed E-state index contributed by atoms with van der Waals surface area (Å²) in [5.41, 5.74) is 4.12. The highest BCUT2D eigenvalue weighted by Gasteiger charge is 2.23. The van der Waals surface area contributed by atoms with Crippen molar-refractivity contribution in [2.24, 2.45) is 0 Å². The Morgan fingerprint density at radius 1 is 1.15 bits per heavy atom. The Labute approximate surface area is 155 Å². The lowest BCUT2D eigenvalue weighted by atomic mass is 9.93. The molecule has 6 heteroatoms. The summed E-state index contributed by atoms with van der Waals surface area (Å²) in [6.45, 7) is 1.87. The third kappa shape index (κ3) is 2.87. The first-order chi connectivity index (χ1) is 13.1. The Morgan fingerprint density at radius 2 is 1.96 bits per heavy atom. The van der Waals surface area contributed by atoms with Crippen LogP contribution < -0.4 is 10.6 Å². The number of nitrogens with one attached hydrogen (secondary N) is 3. The molecule has 4 N–H and O–H groups in total. The van der Waals surface area contributed by atoms with Gasteiger partial charge in [-0.3, -0.25) is 4.79 Å². The highest BCUT2D eigenvalue weighted by Crippen LogP contribution is 2.34. The molecule has 0 fully saturated rings. The van der Waals surface area contributed by atoms with Crippen LogP contribution in [0.25, 0.3) is 16.5 Å². The van der Waals surface area contributed by atoms with Gasteiger partial charge in [0.15, 0.2) is 0 Å². The molecule has 0 atom stereocenters. The molecule has 0 saturated carbocycles. The molecule has 1 amide bonds. The number of carbonyl (C=O) groups excluding carboxylic acids is 1. The fourth-order valence-corrected chi connectivity index (χ4v) is 3.29. The number of carbonyl (C=O) groups is 2. The van der Waals surface area contributed by atoms with E-state index in [9.17, 15) is 14.7 Å². The second-order valence-electron chi connectivity index (χ2n) is 6.17. The molecule has 0 saturated heterocycles. The van der Waals surface area contributed by atoms with Crippen molar-refractivity contribution in [2.45, 2.75) is 6.92 Å². The summed E-state index contributed by atoms with van der Waals surface area (Å²) in [5.74, 6) is -1.47. The normalized spacial score (nSPS) is 14.4. The van der Waals surface area contributed by atoms with E-state index in [-0.39, 0.29) is 17.2 Å². The van der Waals surface area contributed by atoms with Gasteiger partial charge in [0.2, 0.25) is 0 Å². The number of aromatic nitrogens is 1. The number of carboxylic acid groups (broad SMARTS) is 1. The largest absolute Gasteiger partial charge is 0.478 e. The van der Waals surface area contributed by atoms with E-state index in [0.717, 1.165) is 27.7 Å². The fourth-order valence-electron chi connectivity index (χ4n) is 3.29. The van der Waals surface area contributed by atoms with Crippen LogP contribution >= 0.6 is 0 Å². The predicted molar refractivity (Wildman–Crippen MR) is 106 cm³/mol. The van der Waals surface area contributed by atoms with Gasteiger partial charge in [0.25, 0.3) is 5.91 Å². The first-order valence-corrected chi connectivity index (χ1v) is 8.47. The molecule has 0 aliphatic carbocycles. The van der Waals surface area contributed by atoms with Gasteiger partial charge < -0.3 is 20.7 Å². The summed E-state index contributed by atoms with van der Waals surface area (Å²) >= 11 is 0. The number of benzene rings is 2. The average molecular weight is 359 g/mol. The summed E-state index contributed by atoms with van der Waals surface area (Å²) in [7, 11) is 0. The van der Waals surface area contributed by atoms with E-state index in [0.29, 0.717) is 5.57 Å². The number of anilines is 2. The third-order valence-corrected chi connectivity index (χ3v) is 4.58. The highest BCUT2D eigenvalue weighted by molar-refractivity contribution is 6.18. The van der Waals surface area contributed by atoms with Crippen molar-refractivity contribution in [1.29, 1.82) is 0 Å². The molecule has 1 aromatic heterocycles. The van der Waals surface area contributed by atoms with Crippen LogP contribution in [0.4, 0.5) is 11.4 Å². The minimum Gasteiger partial charge on any atom is -0.478 e. The van der Waals surface area contributed by atoms with Crippen molar-refractivity contribution in [2.75, 3.05) is 10.6 Å². The number of carboxylic acids is 1. The number of fused-ring (bicyclic) bond motifs is 2. The number of hydrogen-bond acceptors (Lipinski definition) is 3. The van der Waals surface area contributed by atoms with E-state index in [4.69, 9.17) is 0 Å². The molecule has 3 aromatic rings. The van der Waals surface area contributed by atoms with Crippen LogP contribution in [0.3, 0.4) is 0 Å². The van der Waals surface area contributed by atoms with Crippen LogP contribution in [0.1, 0.15) is 22.8 Å². The van der Waals surface area contributed by atoms with Crippen LogP contribution in [0, 0.1) is 0 Å².